The molecule has 0 bridgehead atoms. The molecule has 18 heavy (non-hydrogen) atoms. The summed E-state index contributed by atoms with van der Waals surface area (Å²) in [7, 11) is -3.75. The minimum absolute atomic E-state index is 0.0671. The lowest BCUT2D eigenvalue weighted by Crippen LogP contribution is -2.40. The molecule has 5 nitrogen and oxygen atoms in total. The number of carbonyl (C=O) groups excluding carboxylic acids is 1. The molecule has 0 aliphatic carbocycles. The summed E-state index contributed by atoms with van der Waals surface area (Å²) in [6.07, 6.45) is 0.249. The van der Waals surface area contributed by atoms with Gasteiger partial charge in [0.25, 0.3) is 10.1 Å². The van der Waals surface area contributed by atoms with Crippen molar-refractivity contribution in [2.75, 3.05) is 6.54 Å². The number of carbonyl (C=O) groups is 1. The highest BCUT2D eigenvalue weighted by molar-refractivity contribution is 7.86. The zero-order valence-corrected chi connectivity index (χ0v) is 10.9. The molecular formula is C12H15NO4S. The Labute approximate surface area is 106 Å². The van der Waals surface area contributed by atoms with E-state index in [0.717, 1.165) is 5.56 Å². The molecule has 1 aliphatic rings. The second-order valence-electron chi connectivity index (χ2n) is 4.33. The van der Waals surface area contributed by atoms with E-state index in [9.17, 15) is 13.2 Å². The second-order valence-corrected chi connectivity index (χ2v) is 5.90. The summed E-state index contributed by atoms with van der Waals surface area (Å²) in [4.78, 5) is 11.1. The van der Waals surface area contributed by atoms with Crippen LogP contribution in [0.5, 0.6) is 0 Å². The molecular weight excluding hydrogens is 254 g/mol. The number of nitrogens with one attached hydrogen (secondary N) is 1. The summed E-state index contributed by atoms with van der Waals surface area (Å²) < 4.78 is 29.0. The third-order valence-corrected chi connectivity index (χ3v) is 4.17. The number of rotatable bonds is 3. The summed E-state index contributed by atoms with van der Waals surface area (Å²) in [5, 5.41) is 2.59. The highest BCUT2D eigenvalue weighted by Crippen LogP contribution is 2.18. The molecule has 1 aliphatic heterocycles. The van der Waals surface area contributed by atoms with Crippen molar-refractivity contribution in [3.8, 4) is 0 Å². The fourth-order valence-corrected chi connectivity index (χ4v) is 2.84. The molecule has 0 radical (unpaired) electrons. The largest absolute Gasteiger partial charge is 0.353 e. The average molecular weight is 269 g/mol. The molecule has 98 valence electrons. The van der Waals surface area contributed by atoms with Gasteiger partial charge in [0.2, 0.25) is 5.91 Å². The van der Waals surface area contributed by atoms with E-state index in [1.54, 1.807) is 12.1 Å². The first-order valence-electron chi connectivity index (χ1n) is 5.74. The first kappa shape index (κ1) is 13.0. The van der Waals surface area contributed by atoms with Gasteiger partial charge in [-0.2, -0.15) is 8.42 Å². The van der Waals surface area contributed by atoms with Crippen LogP contribution in [0.15, 0.2) is 29.2 Å². The molecule has 1 N–H and O–H groups in total. The Bertz CT molecular complexity index is 526. The van der Waals surface area contributed by atoms with E-state index in [1.165, 1.54) is 12.1 Å². The molecule has 1 fully saturated rings. The van der Waals surface area contributed by atoms with Gasteiger partial charge in [-0.05, 0) is 25.5 Å². The Balaban J connectivity index is 2.07. The maximum absolute atomic E-state index is 12.0. The molecule has 1 atom stereocenters. The fraction of sp³-hybridized carbons (Fsp3) is 0.417. The van der Waals surface area contributed by atoms with Crippen molar-refractivity contribution >= 4 is 16.0 Å². The second kappa shape index (κ2) is 5.07. The van der Waals surface area contributed by atoms with Crippen LogP contribution < -0.4 is 5.32 Å². The van der Waals surface area contributed by atoms with Crippen LogP contribution in [0.1, 0.15) is 18.4 Å². The number of benzene rings is 1. The number of hydrogen-bond acceptors (Lipinski definition) is 4. The molecule has 0 aromatic heterocycles. The molecule has 6 heteroatoms. The van der Waals surface area contributed by atoms with Crippen molar-refractivity contribution in [2.45, 2.75) is 30.8 Å². The minimum atomic E-state index is -3.75. The van der Waals surface area contributed by atoms with Crippen LogP contribution in [-0.2, 0) is 19.1 Å². The predicted molar refractivity (Wildman–Crippen MR) is 65.5 cm³/mol. The first-order chi connectivity index (χ1) is 8.47. The Kier molecular flexibility index (Phi) is 3.68. The standard InChI is InChI=1S/C12H15NO4S/c1-9-2-5-11(6-3-9)18(15,16)17-10-4-7-12(14)13-8-10/h2-3,5-6,10H,4,7-8H2,1H3,(H,13,14)/t10-/m1/s1. The molecule has 1 aromatic rings. The van der Waals surface area contributed by atoms with Crippen LogP contribution in [0.4, 0.5) is 0 Å². The zero-order chi connectivity index (χ0) is 13.2. The van der Waals surface area contributed by atoms with Crippen LogP contribution in [0.2, 0.25) is 0 Å². The van der Waals surface area contributed by atoms with Crippen LogP contribution >= 0.6 is 0 Å². The monoisotopic (exact) mass is 269 g/mol. The molecule has 2 rings (SSSR count). The quantitative estimate of drug-likeness (QED) is 0.830. The number of piperidine rings is 1. The van der Waals surface area contributed by atoms with Gasteiger partial charge in [-0.25, -0.2) is 0 Å². The van der Waals surface area contributed by atoms with Gasteiger partial charge in [0.1, 0.15) is 0 Å². The first-order valence-corrected chi connectivity index (χ1v) is 7.15. The van der Waals surface area contributed by atoms with Gasteiger partial charge in [-0.3, -0.25) is 8.98 Å². The van der Waals surface area contributed by atoms with Crippen molar-refractivity contribution in [1.29, 1.82) is 0 Å². The molecule has 0 saturated carbocycles. The van der Waals surface area contributed by atoms with Crippen LogP contribution in [0, 0.1) is 6.92 Å². The van der Waals surface area contributed by atoms with Crippen molar-refractivity contribution in [2.24, 2.45) is 0 Å². The highest BCUT2D eigenvalue weighted by Gasteiger charge is 2.25. The minimum Gasteiger partial charge on any atom is -0.353 e. The molecule has 1 aromatic carbocycles. The summed E-state index contributed by atoms with van der Waals surface area (Å²) in [5.41, 5.74) is 0.985. The third-order valence-electron chi connectivity index (χ3n) is 2.79. The van der Waals surface area contributed by atoms with Gasteiger partial charge in [0.05, 0.1) is 11.0 Å². The van der Waals surface area contributed by atoms with Gasteiger partial charge < -0.3 is 5.32 Å². The zero-order valence-electron chi connectivity index (χ0n) is 10.0. The van der Waals surface area contributed by atoms with E-state index < -0.39 is 16.2 Å². The smallest absolute Gasteiger partial charge is 0.297 e. The van der Waals surface area contributed by atoms with E-state index >= 15 is 0 Å². The maximum atomic E-state index is 12.0. The topological polar surface area (TPSA) is 72.5 Å². The summed E-state index contributed by atoms with van der Waals surface area (Å²) in [6.45, 7) is 2.12. The Morgan fingerprint density at radius 3 is 2.50 bits per heavy atom. The van der Waals surface area contributed by atoms with Crippen molar-refractivity contribution in [3.05, 3.63) is 29.8 Å². The average Bonchev–Trinajstić information content (AvgIpc) is 2.32. The molecule has 0 spiro atoms. The Morgan fingerprint density at radius 2 is 1.94 bits per heavy atom. The van der Waals surface area contributed by atoms with Gasteiger partial charge in [-0.15, -0.1) is 0 Å². The number of aryl methyl sites for hydroxylation is 1. The van der Waals surface area contributed by atoms with E-state index in [1.807, 2.05) is 6.92 Å². The van der Waals surface area contributed by atoms with E-state index in [4.69, 9.17) is 4.18 Å². The van der Waals surface area contributed by atoms with Gasteiger partial charge in [-0.1, -0.05) is 17.7 Å². The molecule has 1 amide bonds. The van der Waals surface area contributed by atoms with Crippen LogP contribution in [-0.4, -0.2) is 27.0 Å². The van der Waals surface area contributed by atoms with Gasteiger partial charge >= 0.3 is 0 Å². The lowest BCUT2D eigenvalue weighted by molar-refractivity contribution is -0.123. The molecule has 1 saturated heterocycles. The van der Waals surface area contributed by atoms with Gasteiger partial charge in [0.15, 0.2) is 0 Å². The van der Waals surface area contributed by atoms with Crippen LogP contribution in [0.3, 0.4) is 0 Å². The Morgan fingerprint density at radius 1 is 1.28 bits per heavy atom. The summed E-state index contributed by atoms with van der Waals surface area (Å²) in [6, 6.07) is 6.48. The number of hydrogen-bond donors (Lipinski definition) is 1. The summed E-state index contributed by atoms with van der Waals surface area (Å²) >= 11 is 0. The van der Waals surface area contributed by atoms with Crippen molar-refractivity contribution in [1.82, 2.24) is 5.32 Å². The van der Waals surface area contributed by atoms with Crippen molar-refractivity contribution in [3.63, 3.8) is 0 Å². The summed E-state index contributed by atoms with van der Waals surface area (Å²) in [5.74, 6) is -0.0671. The SMILES string of the molecule is Cc1ccc(S(=O)(=O)O[C@@H]2CCC(=O)NC2)cc1. The van der Waals surface area contributed by atoms with Crippen molar-refractivity contribution < 1.29 is 17.4 Å². The number of amides is 1. The highest BCUT2D eigenvalue weighted by atomic mass is 32.2. The maximum Gasteiger partial charge on any atom is 0.297 e. The molecule has 1 heterocycles. The van der Waals surface area contributed by atoms with E-state index in [-0.39, 0.29) is 17.3 Å². The molecule has 0 unspecified atom stereocenters. The lowest BCUT2D eigenvalue weighted by Gasteiger charge is -2.22. The lowest BCUT2D eigenvalue weighted by atomic mass is 10.1. The third kappa shape index (κ3) is 3.08. The van der Waals surface area contributed by atoms with E-state index in [2.05, 4.69) is 5.32 Å². The van der Waals surface area contributed by atoms with E-state index in [0.29, 0.717) is 12.8 Å². The van der Waals surface area contributed by atoms with Crippen LogP contribution in [0.25, 0.3) is 0 Å². The Hall–Kier alpha value is -1.40. The fourth-order valence-electron chi connectivity index (χ4n) is 1.73. The predicted octanol–water partition coefficient (Wildman–Crippen LogP) is 0.979. The van der Waals surface area contributed by atoms with Gasteiger partial charge in [0, 0.05) is 13.0 Å². The normalized spacial score (nSPS) is 20.5.